The lowest BCUT2D eigenvalue weighted by molar-refractivity contribution is 1.47. The van der Waals surface area contributed by atoms with Crippen LogP contribution in [0.4, 0.5) is 0 Å². The Hall–Kier alpha value is -1.62. The summed E-state index contributed by atoms with van der Waals surface area (Å²) in [6.45, 7) is 4.12. The monoisotopic (exact) mass is 244 g/mol. The van der Waals surface area contributed by atoms with Gasteiger partial charge in [-0.25, -0.2) is 0 Å². The molecule has 0 aliphatic heterocycles. The van der Waals surface area contributed by atoms with E-state index in [1.807, 2.05) is 19.1 Å². The van der Waals surface area contributed by atoms with Crippen LogP contribution in [0.5, 0.6) is 0 Å². The average molecular weight is 244 g/mol. The molecule has 2 rings (SSSR count). The first-order valence-electron chi connectivity index (χ1n) is 4.66. The zero-order valence-corrected chi connectivity index (χ0v) is 10.5. The highest BCUT2D eigenvalue weighted by atomic mass is 32.2. The maximum absolute atomic E-state index is 8.72. The standard InChI is InChI=1S/C12H8N2S2/c1-7-6-15-12-11(7)8(2)10(16-12)3-9(4-13)5-14/h3,6H,1-2H3. The van der Waals surface area contributed by atoms with Gasteiger partial charge in [-0.1, -0.05) is 0 Å². The number of hydrogen-bond acceptors (Lipinski definition) is 4. The van der Waals surface area contributed by atoms with Crippen molar-refractivity contribution >= 4 is 38.1 Å². The molecule has 0 unspecified atom stereocenters. The number of thiophene rings is 2. The third kappa shape index (κ3) is 1.63. The van der Waals surface area contributed by atoms with E-state index in [9.17, 15) is 0 Å². The molecule has 0 atom stereocenters. The van der Waals surface area contributed by atoms with Gasteiger partial charge in [0.25, 0.3) is 0 Å². The fraction of sp³-hybridized carbons (Fsp3) is 0.167. The first-order chi connectivity index (χ1) is 7.67. The molecule has 0 fully saturated rings. The Bertz CT molecular complexity index is 644. The van der Waals surface area contributed by atoms with Crippen LogP contribution in [0.25, 0.3) is 15.5 Å². The van der Waals surface area contributed by atoms with Gasteiger partial charge in [-0.05, 0) is 36.4 Å². The zero-order chi connectivity index (χ0) is 11.7. The highest BCUT2D eigenvalue weighted by Crippen LogP contribution is 2.38. The van der Waals surface area contributed by atoms with Crippen molar-refractivity contribution in [2.24, 2.45) is 0 Å². The van der Waals surface area contributed by atoms with Crippen LogP contribution in [-0.4, -0.2) is 0 Å². The number of nitriles is 2. The van der Waals surface area contributed by atoms with Crippen LogP contribution in [-0.2, 0) is 0 Å². The molecule has 4 heteroatoms. The summed E-state index contributed by atoms with van der Waals surface area (Å²) in [5.74, 6) is 0. The van der Waals surface area contributed by atoms with E-state index in [0.29, 0.717) is 0 Å². The highest BCUT2D eigenvalue weighted by Gasteiger charge is 2.11. The molecule has 0 amide bonds. The molecule has 0 N–H and O–H groups in total. The van der Waals surface area contributed by atoms with Crippen molar-refractivity contribution in [3.8, 4) is 12.1 Å². The number of aryl methyl sites for hydroxylation is 2. The van der Waals surface area contributed by atoms with E-state index >= 15 is 0 Å². The van der Waals surface area contributed by atoms with Gasteiger partial charge in [0.15, 0.2) is 0 Å². The second-order valence-corrected chi connectivity index (χ2v) is 5.64. The third-order valence-corrected chi connectivity index (χ3v) is 4.87. The van der Waals surface area contributed by atoms with Gasteiger partial charge in [-0.15, -0.1) is 22.7 Å². The summed E-state index contributed by atoms with van der Waals surface area (Å²) in [4.78, 5) is 1.02. The van der Waals surface area contributed by atoms with Gasteiger partial charge in [-0.2, -0.15) is 10.5 Å². The quantitative estimate of drug-likeness (QED) is 0.711. The van der Waals surface area contributed by atoms with Crippen LogP contribution < -0.4 is 0 Å². The number of nitrogens with zero attached hydrogens (tertiary/aromatic N) is 2. The van der Waals surface area contributed by atoms with E-state index in [4.69, 9.17) is 10.5 Å². The lowest BCUT2D eigenvalue weighted by atomic mass is 10.1. The van der Waals surface area contributed by atoms with Crippen LogP contribution in [0.15, 0.2) is 11.0 Å². The number of hydrogen-bond donors (Lipinski definition) is 0. The molecular weight excluding hydrogens is 236 g/mol. The molecule has 0 saturated heterocycles. The summed E-state index contributed by atoms with van der Waals surface area (Å²) < 4.78 is 1.26. The van der Waals surface area contributed by atoms with Crippen molar-refractivity contribution < 1.29 is 0 Å². The van der Waals surface area contributed by atoms with Gasteiger partial charge < -0.3 is 0 Å². The van der Waals surface area contributed by atoms with Gasteiger partial charge >= 0.3 is 0 Å². The van der Waals surface area contributed by atoms with Crippen LogP contribution in [0.1, 0.15) is 16.0 Å². The van der Waals surface area contributed by atoms with Gasteiger partial charge in [-0.3, -0.25) is 0 Å². The largest absolute Gasteiger partial charge is 0.192 e. The second-order valence-electron chi connectivity index (χ2n) is 3.45. The third-order valence-electron chi connectivity index (χ3n) is 2.40. The number of allylic oxidation sites excluding steroid dienone is 1. The van der Waals surface area contributed by atoms with Crippen LogP contribution in [0.2, 0.25) is 0 Å². The topological polar surface area (TPSA) is 47.6 Å². The van der Waals surface area contributed by atoms with Crippen molar-refractivity contribution in [2.45, 2.75) is 13.8 Å². The predicted octanol–water partition coefficient (Wildman–Crippen LogP) is 4.01. The second kappa shape index (κ2) is 4.09. The van der Waals surface area contributed by atoms with Crippen molar-refractivity contribution in [1.29, 1.82) is 10.5 Å². The van der Waals surface area contributed by atoms with Gasteiger partial charge in [0.1, 0.15) is 17.7 Å². The average Bonchev–Trinajstić information content (AvgIpc) is 2.78. The Kier molecular flexibility index (Phi) is 2.78. The summed E-state index contributed by atoms with van der Waals surface area (Å²) in [7, 11) is 0. The van der Waals surface area contributed by atoms with Crippen LogP contribution >= 0.6 is 22.7 Å². The molecule has 2 heterocycles. The van der Waals surface area contributed by atoms with Crippen molar-refractivity contribution in [1.82, 2.24) is 0 Å². The number of fused-ring (bicyclic) bond motifs is 1. The van der Waals surface area contributed by atoms with Gasteiger partial charge in [0, 0.05) is 10.3 Å². The van der Waals surface area contributed by atoms with E-state index in [0.717, 1.165) is 4.88 Å². The molecule has 0 aromatic carbocycles. The summed E-state index contributed by atoms with van der Waals surface area (Å²) >= 11 is 3.36. The van der Waals surface area contributed by atoms with Crippen molar-refractivity contribution in [2.75, 3.05) is 0 Å². The Balaban J connectivity index is 2.65. The lowest BCUT2D eigenvalue weighted by Crippen LogP contribution is -1.75. The molecule has 0 saturated carbocycles. The SMILES string of the molecule is Cc1csc2sc(C=C(C#N)C#N)c(C)c12. The summed E-state index contributed by atoms with van der Waals surface area (Å²) in [5.41, 5.74) is 2.60. The minimum absolute atomic E-state index is 0.162. The minimum Gasteiger partial charge on any atom is -0.192 e. The number of rotatable bonds is 1. The van der Waals surface area contributed by atoms with E-state index in [1.165, 1.54) is 20.5 Å². The van der Waals surface area contributed by atoms with E-state index in [2.05, 4.69) is 12.3 Å². The first-order valence-corrected chi connectivity index (χ1v) is 6.36. The first kappa shape index (κ1) is 10.9. The highest BCUT2D eigenvalue weighted by molar-refractivity contribution is 7.38. The van der Waals surface area contributed by atoms with Gasteiger partial charge in [0.2, 0.25) is 0 Å². The summed E-state index contributed by atoms with van der Waals surface area (Å²) in [5, 5.41) is 20.9. The minimum atomic E-state index is 0.162. The summed E-state index contributed by atoms with van der Waals surface area (Å²) in [6, 6.07) is 3.78. The molecule has 0 aliphatic carbocycles. The molecule has 0 bridgehead atoms. The maximum Gasteiger partial charge on any atom is 0.131 e. The van der Waals surface area contributed by atoms with E-state index < -0.39 is 0 Å². The Morgan fingerprint density at radius 1 is 1.31 bits per heavy atom. The molecule has 2 aromatic rings. The van der Waals surface area contributed by atoms with E-state index in [1.54, 1.807) is 28.7 Å². The maximum atomic E-state index is 8.72. The molecule has 0 radical (unpaired) electrons. The molecule has 0 aliphatic rings. The molecule has 2 nitrogen and oxygen atoms in total. The molecule has 78 valence electrons. The molecule has 0 spiro atoms. The summed E-state index contributed by atoms with van der Waals surface area (Å²) in [6.07, 6.45) is 1.67. The smallest absolute Gasteiger partial charge is 0.131 e. The fourth-order valence-corrected chi connectivity index (χ4v) is 4.09. The van der Waals surface area contributed by atoms with Crippen LogP contribution in [0.3, 0.4) is 0 Å². The Labute approximate surface area is 102 Å². The molecular formula is C12H8N2S2. The predicted molar refractivity (Wildman–Crippen MR) is 68.4 cm³/mol. The normalized spacial score (nSPS) is 9.75. The lowest BCUT2D eigenvalue weighted by Gasteiger charge is -1.91. The fourth-order valence-electron chi connectivity index (χ4n) is 1.60. The van der Waals surface area contributed by atoms with Crippen molar-refractivity contribution in [3.63, 3.8) is 0 Å². The van der Waals surface area contributed by atoms with Crippen LogP contribution in [0, 0.1) is 36.5 Å². The molecule has 16 heavy (non-hydrogen) atoms. The zero-order valence-electron chi connectivity index (χ0n) is 8.87. The Morgan fingerprint density at radius 3 is 2.56 bits per heavy atom. The Morgan fingerprint density at radius 2 is 2.00 bits per heavy atom. The van der Waals surface area contributed by atoms with Crippen molar-refractivity contribution in [3.05, 3.63) is 27.0 Å². The molecule has 2 aromatic heterocycles. The van der Waals surface area contributed by atoms with Gasteiger partial charge in [0.05, 0.1) is 4.01 Å². The van der Waals surface area contributed by atoms with E-state index in [-0.39, 0.29) is 5.57 Å².